The molecular formula is C12H20ClN3S. The lowest BCUT2D eigenvalue weighted by Crippen LogP contribution is -2.21. The van der Waals surface area contributed by atoms with Crippen LogP contribution in [-0.2, 0) is 0 Å². The fourth-order valence-corrected chi connectivity index (χ4v) is 2.72. The summed E-state index contributed by atoms with van der Waals surface area (Å²) in [5.41, 5.74) is 6.87. The zero-order valence-corrected chi connectivity index (χ0v) is 12.1. The quantitative estimate of drug-likeness (QED) is 0.836. The van der Waals surface area contributed by atoms with Gasteiger partial charge in [0.25, 0.3) is 0 Å². The Morgan fingerprint density at radius 3 is 2.88 bits per heavy atom. The highest BCUT2D eigenvalue weighted by atomic mass is 35.5. The van der Waals surface area contributed by atoms with Gasteiger partial charge in [0.05, 0.1) is 5.02 Å². The number of pyridine rings is 1. The summed E-state index contributed by atoms with van der Waals surface area (Å²) in [5, 5.41) is 4.55. The van der Waals surface area contributed by atoms with E-state index in [0.717, 1.165) is 11.3 Å². The minimum Gasteiger partial charge on any atom is -0.383 e. The molecule has 0 amide bonds. The third-order valence-corrected chi connectivity index (χ3v) is 4.40. The molecule has 0 bridgehead atoms. The molecular weight excluding hydrogens is 254 g/mol. The van der Waals surface area contributed by atoms with Crippen LogP contribution in [0.4, 0.5) is 5.82 Å². The second kappa shape index (κ2) is 7.09. The summed E-state index contributed by atoms with van der Waals surface area (Å²) in [6, 6.07) is 2.09. The Bertz CT molecular complexity index is 360. The largest absolute Gasteiger partial charge is 0.383 e. The maximum atomic E-state index is 5.96. The van der Waals surface area contributed by atoms with Crippen LogP contribution < -0.4 is 11.1 Å². The Morgan fingerprint density at radius 2 is 2.29 bits per heavy atom. The number of rotatable bonds is 6. The first kappa shape index (κ1) is 14.6. The zero-order valence-electron chi connectivity index (χ0n) is 10.5. The van der Waals surface area contributed by atoms with Crippen molar-refractivity contribution >= 4 is 29.2 Å². The highest BCUT2D eigenvalue weighted by Crippen LogP contribution is 2.27. The van der Waals surface area contributed by atoms with Crippen molar-refractivity contribution in [3.05, 3.63) is 22.8 Å². The number of hydrogen-bond acceptors (Lipinski definition) is 4. The summed E-state index contributed by atoms with van der Waals surface area (Å²) in [7, 11) is 1.93. The standard InChI is InChI=1S/C12H20ClN3S/c1-4-8(2)17-7-11(15-3)10-5-9(13)6-16-12(10)14/h5-6,8,11,15H,4,7H2,1-3H3,(H2,14,16). The van der Waals surface area contributed by atoms with Gasteiger partial charge >= 0.3 is 0 Å². The highest BCUT2D eigenvalue weighted by molar-refractivity contribution is 7.99. The third-order valence-electron chi connectivity index (χ3n) is 2.76. The molecule has 0 aliphatic carbocycles. The number of nitrogens with one attached hydrogen (secondary N) is 1. The first-order chi connectivity index (χ1) is 8.08. The normalized spacial score (nSPS) is 14.6. The van der Waals surface area contributed by atoms with E-state index in [-0.39, 0.29) is 6.04 Å². The lowest BCUT2D eigenvalue weighted by molar-refractivity contribution is 0.660. The number of nitrogen functional groups attached to an aromatic ring is 1. The van der Waals surface area contributed by atoms with Gasteiger partial charge in [-0.05, 0) is 19.5 Å². The molecule has 1 rings (SSSR count). The van der Waals surface area contributed by atoms with Crippen molar-refractivity contribution in [2.24, 2.45) is 0 Å². The van der Waals surface area contributed by atoms with Crippen LogP contribution in [0.15, 0.2) is 12.3 Å². The van der Waals surface area contributed by atoms with Crippen molar-refractivity contribution in [2.75, 3.05) is 18.5 Å². The van der Waals surface area contributed by atoms with Crippen molar-refractivity contribution < 1.29 is 0 Å². The van der Waals surface area contributed by atoms with Gasteiger partial charge in [0, 0.05) is 28.8 Å². The Balaban J connectivity index is 2.75. The molecule has 0 aromatic carbocycles. The lowest BCUT2D eigenvalue weighted by atomic mass is 10.1. The van der Waals surface area contributed by atoms with Crippen LogP contribution in [0.2, 0.25) is 5.02 Å². The molecule has 1 aromatic heterocycles. The molecule has 17 heavy (non-hydrogen) atoms. The molecule has 0 saturated heterocycles. The molecule has 0 aliphatic rings. The van der Waals surface area contributed by atoms with Gasteiger partial charge in [0.15, 0.2) is 0 Å². The lowest BCUT2D eigenvalue weighted by Gasteiger charge is -2.19. The minimum atomic E-state index is 0.195. The van der Waals surface area contributed by atoms with Crippen molar-refractivity contribution in [1.29, 1.82) is 0 Å². The van der Waals surface area contributed by atoms with E-state index in [0.29, 0.717) is 16.1 Å². The SMILES string of the molecule is CCC(C)SCC(NC)c1cc(Cl)cnc1N. The zero-order chi connectivity index (χ0) is 12.8. The van der Waals surface area contributed by atoms with Gasteiger partial charge in [0.2, 0.25) is 0 Å². The van der Waals surface area contributed by atoms with Crippen LogP contribution in [0.1, 0.15) is 31.9 Å². The average molecular weight is 274 g/mol. The highest BCUT2D eigenvalue weighted by Gasteiger charge is 2.15. The molecule has 1 aromatic rings. The van der Waals surface area contributed by atoms with Crippen LogP contribution in [-0.4, -0.2) is 23.0 Å². The van der Waals surface area contributed by atoms with Gasteiger partial charge in [-0.3, -0.25) is 0 Å². The maximum absolute atomic E-state index is 5.96. The van der Waals surface area contributed by atoms with Gasteiger partial charge in [-0.2, -0.15) is 11.8 Å². The van der Waals surface area contributed by atoms with Gasteiger partial charge < -0.3 is 11.1 Å². The molecule has 2 unspecified atom stereocenters. The molecule has 2 atom stereocenters. The van der Waals surface area contributed by atoms with Crippen LogP contribution in [0.25, 0.3) is 0 Å². The average Bonchev–Trinajstić information content (AvgIpc) is 2.33. The van der Waals surface area contributed by atoms with Gasteiger partial charge in [-0.1, -0.05) is 25.4 Å². The second-order valence-corrected chi connectivity index (χ2v) is 5.93. The van der Waals surface area contributed by atoms with E-state index in [4.69, 9.17) is 17.3 Å². The predicted molar refractivity (Wildman–Crippen MR) is 77.7 cm³/mol. The summed E-state index contributed by atoms with van der Waals surface area (Å²) in [5.74, 6) is 1.52. The van der Waals surface area contributed by atoms with E-state index in [9.17, 15) is 0 Å². The number of nitrogens with zero attached hydrogens (tertiary/aromatic N) is 1. The Morgan fingerprint density at radius 1 is 1.59 bits per heavy atom. The summed E-state index contributed by atoms with van der Waals surface area (Å²) in [6.45, 7) is 4.43. The number of anilines is 1. The fourth-order valence-electron chi connectivity index (χ4n) is 1.45. The van der Waals surface area contributed by atoms with E-state index in [2.05, 4.69) is 24.1 Å². The summed E-state index contributed by atoms with van der Waals surface area (Å²) in [4.78, 5) is 4.09. The number of hydrogen-bond donors (Lipinski definition) is 2. The van der Waals surface area contributed by atoms with Crippen LogP contribution >= 0.6 is 23.4 Å². The third kappa shape index (κ3) is 4.37. The first-order valence-electron chi connectivity index (χ1n) is 5.78. The second-order valence-electron chi connectivity index (χ2n) is 4.02. The van der Waals surface area contributed by atoms with E-state index < -0.39 is 0 Å². The Labute approximate surface area is 113 Å². The van der Waals surface area contributed by atoms with E-state index in [1.807, 2.05) is 24.9 Å². The van der Waals surface area contributed by atoms with E-state index >= 15 is 0 Å². The summed E-state index contributed by atoms with van der Waals surface area (Å²) in [6.07, 6.45) is 2.75. The number of thioether (sulfide) groups is 1. The molecule has 0 aliphatic heterocycles. The van der Waals surface area contributed by atoms with Crippen LogP contribution in [0, 0.1) is 0 Å². The molecule has 5 heteroatoms. The molecule has 0 fully saturated rings. The smallest absolute Gasteiger partial charge is 0.128 e. The molecule has 0 spiro atoms. The number of halogens is 1. The molecule has 3 nitrogen and oxygen atoms in total. The predicted octanol–water partition coefficient (Wildman–Crippen LogP) is 3.11. The summed E-state index contributed by atoms with van der Waals surface area (Å²) < 4.78 is 0. The van der Waals surface area contributed by atoms with E-state index in [1.54, 1.807) is 6.20 Å². The van der Waals surface area contributed by atoms with Gasteiger partial charge in [-0.15, -0.1) is 0 Å². The topological polar surface area (TPSA) is 50.9 Å². The van der Waals surface area contributed by atoms with Crippen molar-refractivity contribution in [1.82, 2.24) is 10.3 Å². The summed E-state index contributed by atoms with van der Waals surface area (Å²) >= 11 is 7.88. The minimum absolute atomic E-state index is 0.195. The fraction of sp³-hybridized carbons (Fsp3) is 0.583. The maximum Gasteiger partial charge on any atom is 0.128 e. The number of aromatic nitrogens is 1. The molecule has 3 N–H and O–H groups in total. The molecule has 0 saturated carbocycles. The number of nitrogens with two attached hydrogens (primary N) is 1. The molecule has 1 heterocycles. The van der Waals surface area contributed by atoms with Crippen LogP contribution in [0.5, 0.6) is 0 Å². The Kier molecular flexibility index (Phi) is 6.09. The monoisotopic (exact) mass is 273 g/mol. The Hall–Kier alpha value is -0.450. The van der Waals surface area contributed by atoms with Crippen molar-refractivity contribution in [3.8, 4) is 0 Å². The van der Waals surface area contributed by atoms with Crippen LogP contribution in [0.3, 0.4) is 0 Å². The van der Waals surface area contributed by atoms with Gasteiger partial charge in [0.1, 0.15) is 5.82 Å². The van der Waals surface area contributed by atoms with E-state index in [1.165, 1.54) is 6.42 Å². The first-order valence-corrected chi connectivity index (χ1v) is 7.20. The van der Waals surface area contributed by atoms with Crippen molar-refractivity contribution in [3.63, 3.8) is 0 Å². The van der Waals surface area contributed by atoms with Crippen molar-refractivity contribution in [2.45, 2.75) is 31.6 Å². The van der Waals surface area contributed by atoms with Gasteiger partial charge in [-0.25, -0.2) is 4.98 Å². The molecule has 96 valence electrons. The molecule has 0 radical (unpaired) electrons.